The highest BCUT2D eigenvalue weighted by molar-refractivity contribution is 5.81. The van der Waals surface area contributed by atoms with Crippen LogP contribution in [0, 0.1) is 12.8 Å². The molecule has 5 nitrogen and oxygen atoms in total. The summed E-state index contributed by atoms with van der Waals surface area (Å²) in [6.07, 6.45) is 8.96. The van der Waals surface area contributed by atoms with Crippen molar-refractivity contribution >= 4 is 5.91 Å². The number of nitrogens with one attached hydrogen (secondary N) is 1. The summed E-state index contributed by atoms with van der Waals surface area (Å²) in [5.74, 6) is 0.587. The molecule has 1 atom stereocenters. The maximum atomic E-state index is 12.0. The van der Waals surface area contributed by atoms with Gasteiger partial charge >= 0.3 is 0 Å². The van der Waals surface area contributed by atoms with Crippen LogP contribution in [0.4, 0.5) is 0 Å². The van der Waals surface area contributed by atoms with Gasteiger partial charge in [-0.25, -0.2) is 0 Å². The normalized spacial score (nSPS) is 17.9. The summed E-state index contributed by atoms with van der Waals surface area (Å²) in [7, 11) is 1.90. The van der Waals surface area contributed by atoms with E-state index in [0.29, 0.717) is 12.5 Å². The van der Waals surface area contributed by atoms with E-state index in [0.717, 1.165) is 17.7 Å². The smallest absolute Gasteiger partial charge is 0.237 e. The first-order valence-corrected chi connectivity index (χ1v) is 7.58. The number of amides is 1. The number of nitrogens with zero attached hydrogens (tertiary/aromatic N) is 2. The van der Waals surface area contributed by atoms with Crippen molar-refractivity contribution in [2.24, 2.45) is 18.7 Å². The van der Waals surface area contributed by atoms with Gasteiger partial charge in [-0.2, -0.15) is 5.10 Å². The Hall–Kier alpha value is -1.36. The minimum absolute atomic E-state index is 0.0428. The monoisotopic (exact) mass is 278 g/mol. The lowest BCUT2D eigenvalue weighted by Crippen LogP contribution is -2.41. The fraction of sp³-hybridized carbons (Fsp3) is 0.733. The van der Waals surface area contributed by atoms with E-state index in [-0.39, 0.29) is 11.9 Å². The van der Waals surface area contributed by atoms with Gasteiger partial charge in [-0.1, -0.05) is 32.1 Å². The number of rotatable bonds is 5. The highest BCUT2D eigenvalue weighted by Gasteiger charge is 2.21. The molecule has 1 saturated carbocycles. The van der Waals surface area contributed by atoms with Crippen LogP contribution in [0.3, 0.4) is 0 Å². The highest BCUT2D eigenvalue weighted by Crippen LogP contribution is 2.26. The van der Waals surface area contributed by atoms with E-state index in [4.69, 9.17) is 5.73 Å². The Morgan fingerprint density at radius 1 is 1.50 bits per heavy atom. The summed E-state index contributed by atoms with van der Waals surface area (Å²) >= 11 is 0. The molecule has 0 spiro atoms. The van der Waals surface area contributed by atoms with Gasteiger partial charge in [-0.3, -0.25) is 9.48 Å². The van der Waals surface area contributed by atoms with Crippen LogP contribution in [-0.2, 0) is 18.4 Å². The second-order valence-electron chi connectivity index (χ2n) is 5.94. The fourth-order valence-corrected chi connectivity index (χ4v) is 2.92. The summed E-state index contributed by atoms with van der Waals surface area (Å²) in [6, 6.07) is -0.380. The topological polar surface area (TPSA) is 72.9 Å². The van der Waals surface area contributed by atoms with Crippen molar-refractivity contribution in [3.8, 4) is 0 Å². The van der Waals surface area contributed by atoms with E-state index in [2.05, 4.69) is 10.4 Å². The Morgan fingerprint density at radius 3 is 2.80 bits per heavy atom. The molecular formula is C15H26N4O. The predicted molar refractivity (Wildman–Crippen MR) is 79.0 cm³/mol. The van der Waals surface area contributed by atoms with Crippen molar-refractivity contribution in [1.82, 2.24) is 15.1 Å². The first-order valence-electron chi connectivity index (χ1n) is 7.58. The molecule has 2 rings (SSSR count). The van der Waals surface area contributed by atoms with E-state index in [1.54, 1.807) is 6.20 Å². The minimum atomic E-state index is -0.380. The second kappa shape index (κ2) is 6.88. The van der Waals surface area contributed by atoms with Gasteiger partial charge in [0.1, 0.15) is 0 Å². The summed E-state index contributed by atoms with van der Waals surface area (Å²) in [5, 5.41) is 7.09. The van der Waals surface area contributed by atoms with E-state index in [9.17, 15) is 4.79 Å². The molecule has 0 aromatic carbocycles. The van der Waals surface area contributed by atoms with Crippen LogP contribution < -0.4 is 11.1 Å². The molecule has 1 fully saturated rings. The molecule has 0 bridgehead atoms. The summed E-state index contributed by atoms with van der Waals surface area (Å²) in [4.78, 5) is 12.0. The molecule has 1 aliphatic rings. The Morgan fingerprint density at radius 2 is 2.20 bits per heavy atom. The zero-order valence-electron chi connectivity index (χ0n) is 12.6. The SMILES string of the molecule is Cc1c(CNC(=O)C(N)CC2CCCCC2)cnn1C. The van der Waals surface area contributed by atoms with E-state index >= 15 is 0 Å². The van der Waals surface area contributed by atoms with Crippen molar-refractivity contribution in [2.45, 2.75) is 58.0 Å². The Balaban J connectivity index is 1.77. The highest BCUT2D eigenvalue weighted by atomic mass is 16.2. The predicted octanol–water partition coefficient (Wildman–Crippen LogP) is 1.64. The average molecular weight is 278 g/mol. The molecular weight excluding hydrogens is 252 g/mol. The lowest BCUT2D eigenvalue weighted by atomic mass is 9.85. The molecule has 0 radical (unpaired) electrons. The summed E-state index contributed by atoms with van der Waals surface area (Å²) in [6.45, 7) is 2.51. The zero-order valence-corrected chi connectivity index (χ0v) is 12.6. The maximum absolute atomic E-state index is 12.0. The number of hydrogen-bond donors (Lipinski definition) is 2. The minimum Gasteiger partial charge on any atom is -0.351 e. The molecule has 0 saturated heterocycles. The Bertz CT molecular complexity index is 449. The molecule has 1 amide bonds. The Labute approximate surface area is 120 Å². The van der Waals surface area contributed by atoms with Gasteiger partial charge in [0.25, 0.3) is 0 Å². The zero-order chi connectivity index (χ0) is 14.5. The fourth-order valence-electron chi connectivity index (χ4n) is 2.92. The third-order valence-corrected chi connectivity index (χ3v) is 4.44. The van der Waals surface area contributed by atoms with E-state index in [1.807, 2.05) is 18.7 Å². The number of nitrogens with two attached hydrogens (primary N) is 1. The lowest BCUT2D eigenvalue weighted by molar-refractivity contribution is -0.122. The van der Waals surface area contributed by atoms with Crippen LogP contribution in [-0.4, -0.2) is 21.7 Å². The van der Waals surface area contributed by atoms with Crippen molar-refractivity contribution in [3.05, 3.63) is 17.5 Å². The van der Waals surface area contributed by atoms with Crippen molar-refractivity contribution in [3.63, 3.8) is 0 Å². The summed E-state index contributed by atoms with van der Waals surface area (Å²) < 4.78 is 1.81. The molecule has 3 N–H and O–H groups in total. The number of carbonyl (C=O) groups excluding carboxylic acids is 1. The standard InChI is InChI=1S/C15H26N4O/c1-11-13(10-18-19(11)2)9-17-15(20)14(16)8-12-6-4-3-5-7-12/h10,12,14H,3-9,16H2,1-2H3,(H,17,20). The third kappa shape index (κ3) is 3.82. The van der Waals surface area contributed by atoms with Crippen LogP contribution in [0.15, 0.2) is 6.20 Å². The largest absolute Gasteiger partial charge is 0.351 e. The molecule has 112 valence electrons. The molecule has 0 aliphatic heterocycles. The van der Waals surface area contributed by atoms with Gasteiger partial charge in [0, 0.05) is 24.8 Å². The van der Waals surface area contributed by atoms with Gasteiger partial charge in [0.2, 0.25) is 5.91 Å². The Kier molecular flexibility index (Phi) is 5.17. The molecule has 20 heavy (non-hydrogen) atoms. The number of carbonyl (C=O) groups is 1. The van der Waals surface area contributed by atoms with Gasteiger partial charge < -0.3 is 11.1 Å². The van der Waals surface area contributed by atoms with Gasteiger partial charge in [-0.05, 0) is 19.3 Å². The van der Waals surface area contributed by atoms with Gasteiger partial charge in [-0.15, -0.1) is 0 Å². The van der Waals surface area contributed by atoms with Crippen LogP contribution in [0.25, 0.3) is 0 Å². The van der Waals surface area contributed by atoms with Crippen LogP contribution in [0.2, 0.25) is 0 Å². The van der Waals surface area contributed by atoms with Crippen molar-refractivity contribution in [1.29, 1.82) is 0 Å². The summed E-state index contributed by atoms with van der Waals surface area (Å²) in [5.41, 5.74) is 8.14. The van der Waals surface area contributed by atoms with E-state index in [1.165, 1.54) is 32.1 Å². The first-order chi connectivity index (χ1) is 9.58. The molecule has 1 heterocycles. The number of aromatic nitrogens is 2. The van der Waals surface area contributed by atoms with Crippen LogP contribution in [0.1, 0.15) is 49.8 Å². The quantitative estimate of drug-likeness (QED) is 0.860. The third-order valence-electron chi connectivity index (χ3n) is 4.44. The van der Waals surface area contributed by atoms with E-state index < -0.39 is 0 Å². The lowest BCUT2D eigenvalue weighted by Gasteiger charge is -2.24. The second-order valence-corrected chi connectivity index (χ2v) is 5.94. The van der Waals surface area contributed by atoms with Crippen molar-refractivity contribution in [2.75, 3.05) is 0 Å². The number of aryl methyl sites for hydroxylation is 1. The molecule has 1 unspecified atom stereocenters. The van der Waals surface area contributed by atoms with Gasteiger partial charge in [0.05, 0.1) is 12.2 Å². The van der Waals surface area contributed by atoms with Crippen LogP contribution in [0.5, 0.6) is 0 Å². The average Bonchev–Trinajstić information content (AvgIpc) is 2.77. The van der Waals surface area contributed by atoms with Crippen LogP contribution >= 0.6 is 0 Å². The molecule has 1 aromatic heterocycles. The molecule has 1 aromatic rings. The van der Waals surface area contributed by atoms with Gasteiger partial charge in [0.15, 0.2) is 0 Å². The first kappa shape index (κ1) is 15.0. The van der Waals surface area contributed by atoms with Crippen molar-refractivity contribution < 1.29 is 4.79 Å². The molecule has 5 heteroatoms. The number of hydrogen-bond acceptors (Lipinski definition) is 3. The molecule has 1 aliphatic carbocycles. The maximum Gasteiger partial charge on any atom is 0.237 e.